The fourth-order valence-electron chi connectivity index (χ4n) is 1.74. The molecule has 0 fully saturated rings. The van der Waals surface area contributed by atoms with Crippen LogP contribution in [0.5, 0.6) is 5.75 Å². The van der Waals surface area contributed by atoms with Crippen molar-refractivity contribution in [2.75, 3.05) is 7.11 Å². The minimum absolute atomic E-state index is 0.150. The summed E-state index contributed by atoms with van der Waals surface area (Å²) < 4.78 is 10.2. The largest absolute Gasteiger partial charge is 0.496 e. The van der Waals surface area contributed by atoms with E-state index in [0.717, 1.165) is 22.4 Å². The normalized spacial score (nSPS) is 12.4. The van der Waals surface area contributed by atoms with Gasteiger partial charge in [0.2, 0.25) is 0 Å². The van der Waals surface area contributed by atoms with Gasteiger partial charge in [-0.25, -0.2) is 0 Å². The number of aryl methyl sites for hydroxylation is 1. The molecule has 0 amide bonds. The van der Waals surface area contributed by atoms with Crippen molar-refractivity contribution < 1.29 is 9.15 Å². The Labute approximate surface area is 94.8 Å². The average molecular weight is 217 g/mol. The molecular formula is C13H15NO2. The van der Waals surface area contributed by atoms with Crippen molar-refractivity contribution in [3.63, 3.8) is 0 Å². The van der Waals surface area contributed by atoms with Crippen molar-refractivity contribution in [2.24, 2.45) is 5.73 Å². The molecule has 2 N–H and O–H groups in total. The smallest absolute Gasteiger partial charge is 0.121 e. The van der Waals surface area contributed by atoms with Gasteiger partial charge >= 0.3 is 0 Å². The zero-order chi connectivity index (χ0) is 11.5. The van der Waals surface area contributed by atoms with Gasteiger partial charge in [-0.1, -0.05) is 12.1 Å². The van der Waals surface area contributed by atoms with E-state index in [-0.39, 0.29) is 6.04 Å². The van der Waals surface area contributed by atoms with Gasteiger partial charge in [-0.3, -0.25) is 0 Å². The lowest BCUT2D eigenvalue weighted by Crippen LogP contribution is -2.11. The maximum absolute atomic E-state index is 6.12. The molecule has 0 saturated heterocycles. The fraction of sp³-hybridized carbons (Fsp3) is 0.231. The molecule has 0 aliphatic carbocycles. The molecular weight excluding hydrogens is 202 g/mol. The number of hydrogen-bond donors (Lipinski definition) is 1. The van der Waals surface area contributed by atoms with Crippen LogP contribution in [0.3, 0.4) is 0 Å². The van der Waals surface area contributed by atoms with E-state index in [9.17, 15) is 0 Å². The molecule has 1 aromatic heterocycles. The van der Waals surface area contributed by atoms with Crippen molar-refractivity contribution in [3.05, 3.63) is 53.5 Å². The Morgan fingerprint density at radius 3 is 2.62 bits per heavy atom. The van der Waals surface area contributed by atoms with E-state index < -0.39 is 0 Å². The highest BCUT2D eigenvalue weighted by molar-refractivity contribution is 5.39. The van der Waals surface area contributed by atoms with E-state index in [4.69, 9.17) is 14.9 Å². The third-order valence-corrected chi connectivity index (χ3v) is 2.68. The van der Waals surface area contributed by atoms with E-state index in [1.807, 2.05) is 31.2 Å². The van der Waals surface area contributed by atoms with Crippen molar-refractivity contribution in [1.82, 2.24) is 0 Å². The van der Waals surface area contributed by atoms with Gasteiger partial charge in [-0.2, -0.15) is 0 Å². The Kier molecular flexibility index (Phi) is 2.97. The molecule has 0 spiro atoms. The molecule has 1 heterocycles. The van der Waals surface area contributed by atoms with Crippen LogP contribution >= 0.6 is 0 Å². The SMILES string of the molecule is COc1ccc(C(N)c2ccoc2)cc1C. The summed E-state index contributed by atoms with van der Waals surface area (Å²) >= 11 is 0. The summed E-state index contributed by atoms with van der Waals surface area (Å²) in [4.78, 5) is 0. The van der Waals surface area contributed by atoms with E-state index in [0.29, 0.717) is 0 Å². The van der Waals surface area contributed by atoms with Crippen molar-refractivity contribution in [3.8, 4) is 5.75 Å². The van der Waals surface area contributed by atoms with Crippen LogP contribution in [0.25, 0.3) is 0 Å². The molecule has 0 radical (unpaired) electrons. The molecule has 0 saturated carbocycles. The quantitative estimate of drug-likeness (QED) is 0.859. The second-order valence-electron chi connectivity index (χ2n) is 3.76. The lowest BCUT2D eigenvalue weighted by Gasteiger charge is -2.12. The first-order chi connectivity index (χ1) is 7.72. The maximum Gasteiger partial charge on any atom is 0.121 e. The lowest BCUT2D eigenvalue weighted by molar-refractivity contribution is 0.411. The van der Waals surface area contributed by atoms with Gasteiger partial charge < -0.3 is 14.9 Å². The van der Waals surface area contributed by atoms with Crippen LogP contribution in [0.2, 0.25) is 0 Å². The summed E-state index contributed by atoms with van der Waals surface area (Å²) in [6.07, 6.45) is 3.30. The zero-order valence-electron chi connectivity index (χ0n) is 9.44. The van der Waals surface area contributed by atoms with Gasteiger partial charge in [0.25, 0.3) is 0 Å². The molecule has 3 nitrogen and oxygen atoms in total. The van der Waals surface area contributed by atoms with Gasteiger partial charge in [-0.15, -0.1) is 0 Å². The van der Waals surface area contributed by atoms with Crippen LogP contribution in [0, 0.1) is 6.92 Å². The van der Waals surface area contributed by atoms with Gasteiger partial charge in [0, 0.05) is 5.56 Å². The highest BCUT2D eigenvalue weighted by Gasteiger charge is 2.11. The van der Waals surface area contributed by atoms with Crippen molar-refractivity contribution in [1.29, 1.82) is 0 Å². The molecule has 3 heteroatoms. The predicted molar refractivity (Wildman–Crippen MR) is 62.5 cm³/mol. The average Bonchev–Trinajstić information content (AvgIpc) is 2.81. The van der Waals surface area contributed by atoms with Crippen LogP contribution in [-0.4, -0.2) is 7.11 Å². The second kappa shape index (κ2) is 4.41. The first-order valence-electron chi connectivity index (χ1n) is 5.14. The minimum Gasteiger partial charge on any atom is -0.496 e. The number of rotatable bonds is 3. The topological polar surface area (TPSA) is 48.4 Å². The fourth-order valence-corrected chi connectivity index (χ4v) is 1.74. The molecule has 84 valence electrons. The molecule has 1 unspecified atom stereocenters. The van der Waals surface area contributed by atoms with Crippen LogP contribution in [0.15, 0.2) is 41.2 Å². The molecule has 1 atom stereocenters. The number of nitrogens with two attached hydrogens (primary N) is 1. The summed E-state index contributed by atoms with van der Waals surface area (Å²) in [6, 6.07) is 7.68. The summed E-state index contributed by atoms with van der Waals surface area (Å²) in [6.45, 7) is 2.00. The summed E-state index contributed by atoms with van der Waals surface area (Å²) in [7, 11) is 1.66. The Balaban J connectivity index is 2.31. The van der Waals surface area contributed by atoms with Crippen LogP contribution in [-0.2, 0) is 0 Å². The molecule has 0 bridgehead atoms. The van der Waals surface area contributed by atoms with Gasteiger partial charge in [0.1, 0.15) is 5.75 Å². The Hall–Kier alpha value is -1.74. The molecule has 0 aliphatic rings. The van der Waals surface area contributed by atoms with Crippen molar-refractivity contribution >= 4 is 0 Å². The number of benzene rings is 1. The second-order valence-corrected chi connectivity index (χ2v) is 3.76. The van der Waals surface area contributed by atoms with E-state index in [1.54, 1.807) is 19.6 Å². The van der Waals surface area contributed by atoms with Gasteiger partial charge in [0.05, 0.1) is 25.7 Å². The van der Waals surface area contributed by atoms with Crippen LogP contribution in [0.4, 0.5) is 0 Å². The molecule has 1 aromatic carbocycles. The monoisotopic (exact) mass is 217 g/mol. The number of hydrogen-bond acceptors (Lipinski definition) is 3. The number of methoxy groups -OCH3 is 1. The summed E-state index contributed by atoms with van der Waals surface area (Å²) in [5.74, 6) is 0.878. The maximum atomic E-state index is 6.12. The summed E-state index contributed by atoms with van der Waals surface area (Å²) in [5.41, 5.74) is 9.23. The third kappa shape index (κ3) is 1.95. The third-order valence-electron chi connectivity index (χ3n) is 2.68. The van der Waals surface area contributed by atoms with E-state index >= 15 is 0 Å². The zero-order valence-corrected chi connectivity index (χ0v) is 9.44. The molecule has 16 heavy (non-hydrogen) atoms. The van der Waals surface area contributed by atoms with Crippen LogP contribution < -0.4 is 10.5 Å². The predicted octanol–water partition coefficient (Wildman–Crippen LogP) is 2.64. The molecule has 0 aliphatic heterocycles. The Bertz CT molecular complexity index is 463. The summed E-state index contributed by atoms with van der Waals surface area (Å²) in [5, 5.41) is 0. The Morgan fingerprint density at radius 1 is 1.25 bits per heavy atom. The number of ether oxygens (including phenoxy) is 1. The Morgan fingerprint density at radius 2 is 2.06 bits per heavy atom. The molecule has 2 rings (SSSR count). The van der Waals surface area contributed by atoms with Crippen LogP contribution in [0.1, 0.15) is 22.7 Å². The number of furan rings is 1. The minimum atomic E-state index is -0.150. The lowest BCUT2D eigenvalue weighted by atomic mass is 10.00. The van der Waals surface area contributed by atoms with E-state index in [1.165, 1.54) is 0 Å². The standard InChI is InChI=1S/C13H15NO2/c1-9-7-10(3-4-12(9)15-2)13(14)11-5-6-16-8-11/h3-8,13H,14H2,1-2H3. The molecule has 2 aromatic rings. The van der Waals surface area contributed by atoms with Gasteiger partial charge in [0.15, 0.2) is 0 Å². The van der Waals surface area contributed by atoms with Crippen molar-refractivity contribution in [2.45, 2.75) is 13.0 Å². The first-order valence-corrected chi connectivity index (χ1v) is 5.14. The highest BCUT2D eigenvalue weighted by atomic mass is 16.5. The van der Waals surface area contributed by atoms with E-state index in [2.05, 4.69) is 0 Å². The highest BCUT2D eigenvalue weighted by Crippen LogP contribution is 2.25. The first kappa shape index (κ1) is 10.8. The van der Waals surface area contributed by atoms with Gasteiger partial charge in [-0.05, 0) is 30.2 Å².